The summed E-state index contributed by atoms with van der Waals surface area (Å²) < 4.78 is 16.1. The minimum Gasteiger partial charge on any atom is -0.496 e. The van der Waals surface area contributed by atoms with E-state index in [2.05, 4.69) is 6.58 Å². The second-order valence-corrected chi connectivity index (χ2v) is 4.69. The van der Waals surface area contributed by atoms with E-state index in [4.69, 9.17) is 13.9 Å². The fourth-order valence-corrected chi connectivity index (χ4v) is 2.41. The van der Waals surface area contributed by atoms with Crippen molar-refractivity contribution in [2.45, 2.75) is 12.2 Å². The van der Waals surface area contributed by atoms with Crippen LogP contribution < -0.4 is 10.4 Å². The zero-order valence-corrected chi connectivity index (χ0v) is 11.0. The molecule has 1 aliphatic heterocycles. The molecule has 5 heteroatoms. The van der Waals surface area contributed by atoms with Gasteiger partial charge >= 0.3 is 5.63 Å². The van der Waals surface area contributed by atoms with Crippen LogP contribution in [0.5, 0.6) is 5.75 Å². The Hall–Kier alpha value is -2.11. The zero-order valence-electron chi connectivity index (χ0n) is 11.0. The number of benzene rings is 1. The van der Waals surface area contributed by atoms with E-state index in [0.717, 1.165) is 5.39 Å². The van der Waals surface area contributed by atoms with Crippen LogP contribution in [0.2, 0.25) is 0 Å². The summed E-state index contributed by atoms with van der Waals surface area (Å²) in [6.45, 7) is 4.02. The molecule has 20 heavy (non-hydrogen) atoms. The first-order valence-corrected chi connectivity index (χ1v) is 6.20. The maximum atomic E-state index is 11.5. The Kier molecular flexibility index (Phi) is 3.08. The van der Waals surface area contributed by atoms with Crippen LogP contribution in [0.15, 0.2) is 45.6 Å². The Balaban J connectivity index is 2.28. The van der Waals surface area contributed by atoms with Crippen LogP contribution in [-0.4, -0.2) is 24.9 Å². The molecule has 2 aromatic rings. The number of rotatable bonds is 2. The van der Waals surface area contributed by atoms with E-state index in [0.29, 0.717) is 22.5 Å². The molecule has 1 saturated heterocycles. The van der Waals surface area contributed by atoms with Crippen LogP contribution in [0.1, 0.15) is 11.7 Å². The Morgan fingerprint density at radius 2 is 2.10 bits per heavy atom. The highest BCUT2D eigenvalue weighted by Gasteiger charge is 2.35. The van der Waals surface area contributed by atoms with Crippen molar-refractivity contribution in [2.75, 3.05) is 13.7 Å². The molecule has 1 fully saturated rings. The molecule has 0 unspecified atom stereocenters. The van der Waals surface area contributed by atoms with Gasteiger partial charge < -0.3 is 19.0 Å². The second kappa shape index (κ2) is 4.77. The third kappa shape index (κ3) is 1.92. The smallest absolute Gasteiger partial charge is 0.336 e. The molecule has 5 nitrogen and oxygen atoms in total. The Bertz CT molecular complexity index is 731. The fourth-order valence-electron chi connectivity index (χ4n) is 2.41. The molecule has 1 aromatic carbocycles. The Morgan fingerprint density at radius 1 is 1.35 bits per heavy atom. The normalized spacial score (nSPS) is 22.4. The predicted octanol–water partition coefficient (Wildman–Crippen LogP) is 1.79. The van der Waals surface area contributed by atoms with E-state index in [9.17, 15) is 9.90 Å². The summed E-state index contributed by atoms with van der Waals surface area (Å²) in [5.74, 6) is 0.505. The van der Waals surface area contributed by atoms with Crippen molar-refractivity contribution >= 4 is 11.0 Å². The first-order valence-electron chi connectivity index (χ1n) is 6.20. The number of hydrogen-bond donors (Lipinski definition) is 1. The van der Waals surface area contributed by atoms with Crippen LogP contribution in [0.3, 0.4) is 0 Å². The maximum Gasteiger partial charge on any atom is 0.336 e. The van der Waals surface area contributed by atoms with Crippen LogP contribution >= 0.6 is 0 Å². The molecule has 0 amide bonds. The van der Waals surface area contributed by atoms with Gasteiger partial charge in [0.1, 0.15) is 23.5 Å². The second-order valence-electron chi connectivity index (χ2n) is 4.69. The number of aliphatic hydroxyl groups excluding tert-OH is 1. The van der Waals surface area contributed by atoms with Gasteiger partial charge in [-0.15, -0.1) is 0 Å². The molecule has 2 heterocycles. The van der Waals surface area contributed by atoms with Gasteiger partial charge in [-0.2, -0.15) is 0 Å². The summed E-state index contributed by atoms with van der Waals surface area (Å²) in [5.41, 5.74) is 1.04. The van der Waals surface area contributed by atoms with Gasteiger partial charge in [0.2, 0.25) is 0 Å². The minimum atomic E-state index is -0.847. The Labute approximate surface area is 115 Å². The van der Waals surface area contributed by atoms with Gasteiger partial charge in [0.15, 0.2) is 0 Å². The van der Waals surface area contributed by atoms with Gasteiger partial charge in [0, 0.05) is 11.5 Å². The molecule has 3 rings (SSSR count). The largest absolute Gasteiger partial charge is 0.496 e. The number of aliphatic hydroxyl groups is 1. The number of ether oxygens (including phenoxy) is 2. The topological polar surface area (TPSA) is 68.9 Å². The van der Waals surface area contributed by atoms with Gasteiger partial charge in [-0.3, -0.25) is 0 Å². The van der Waals surface area contributed by atoms with Gasteiger partial charge in [-0.1, -0.05) is 6.58 Å². The van der Waals surface area contributed by atoms with Crippen LogP contribution in [0, 0.1) is 0 Å². The quantitative estimate of drug-likeness (QED) is 0.668. The monoisotopic (exact) mass is 274 g/mol. The van der Waals surface area contributed by atoms with E-state index in [1.54, 1.807) is 18.2 Å². The maximum absolute atomic E-state index is 11.5. The van der Waals surface area contributed by atoms with Crippen molar-refractivity contribution in [1.82, 2.24) is 0 Å². The molecular formula is C15H14O5. The van der Waals surface area contributed by atoms with E-state index >= 15 is 0 Å². The molecule has 0 spiro atoms. The molecular weight excluding hydrogens is 260 g/mol. The molecule has 0 saturated carbocycles. The molecule has 0 aliphatic carbocycles. The summed E-state index contributed by atoms with van der Waals surface area (Å²) in [5, 5.41) is 10.9. The van der Waals surface area contributed by atoms with Gasteiger partial charge in [0.05, 0.1) is 19.3 Å². The van der Waals surface area contributed by atoms with E-state index in [-0.39, 0.29) is 6.61 Å². The SMILES string of the molecule is C=C1CO[C@@H](c2c(OC)ccc3ccc(=O)oc23)[C@@H]1O. The molecule has 104 valence electrons. The molecule has 2 atom stereocenters. The third-order valence-corrected chi connectivity index (χ3v) is 3.45. The van der Waals surface area contributed by atoms with Crippen molar-refractivity contribution in [3.05, 3.63) is 52.4 Å². The molecule has 1 aromatic heterocycles. The lowest BCUT2D eigenvalue weighted by atomic mass is 9.99. The summed E-state index contributed by atoms with van der Waals surface area (Å²) in [6, 6.07) is 6.56. The summed E-state index contributed by atoms with van der Waals surface area (Å²) in [6.07, 6.45) is -1.49. The third-order valence-electron chi connectivity index (χ3n) is 3.45. The van der Waals surface area contributed by atoms with Crippen LogP contribution in [-0.2, 0) is 4.74 Å². The highest BCUT2D eigenvalue weighted by molar-refractivity contribution is 5.82. The molecule has 0 radical (unpaired) electrons. The summed E-state index contributed by atoms with van der Waals surface area (Å²) in [7, 11) is 1.52. The first-order chi connectivity index (χ1) is 9.61. The van der Waals surface area contributed by atoms with E-state index in [1.165, 1.54) is 13.2 Å². The lowest BCUT2D eigenvalue weighted by molar-refractivity contribution is 0.0423. The van der Waals surface area contributed by atoms with Crippen molar-refractivity contribution < 1.29 is 19.0 Å². The highest BCUT2D eigenvalue weighted by Crippen LogP contribution is 2.40. The van der Waals surface area contributed by atoms with Crippen molar-refractivity contribution in [3.63, 3.8) is 0 Å². The lowest BCUT2D eigenvalue weighted by Crippen LogP contribution is -2.15. The van der Waals surface area contributed by atoms with Crippen molar-refractivity contribution in [3.8, 4) is 5.75 Å². The number of hydrogen-bond acceptors (Lipinski definition) is 5. The summed E-state index contributed by atoms with van der Waals surface area (Å²) in [4.78, 5) is 11.5. The lowest BCUT2D eigenvalue weighted by Gasteiger charge is -2.18. The van der Waals surface area contributed by atoms with Gasteiger partial charge in [0.25, 0.3) is 0 Å². The zero-order chi connectivity index (χ0) is 14.3. The minimum absolute atomic E-state index is 0.266. The first kappa shape index (κ1) is 12.9. The molecule has 0 bridgehead atoms. The van der Waals surface area contributed by atoms with Crippen LogP contribution in [0.25, 0.3) is 11.0 Å². The van der Waals surface area contributed by atoms with Gasteiger partial charge in [-0.25, -0.2) is 4.79 Å². The number of methoxy groups -OCH3 is 1. The number of fused-ring (bicyclic) bond motifs is 1. The predicted molar refractivity (Wildman–Crippen MR) is 72.9 cm³/mol. The highest BCUT2D eigenvalue weighted by atomic mass is 16.5. The summed E-state index contributed by atoms with van der Waals surface area (Å²) >= 11 is 0. The molecule has 1 aliphatic rings. The van der Waals surface area contributed by atoms with E-state index < -0.39 is 17.8 Å². The standard InChI is InChI=1S/C15H14O5/c1-8-7-19-15(13(8)17)12-10(18-2)5-3-9-4-6-11(16)20-14(9)12/h3-6,13,15,17H,1,7H2,2H3/t13-,15+/m1/s1. The van der Waals surface area contributed by atoms with E-state index in [1.807, 2.05) is 0 Å². The van der Waals surface area contributed by atoms with Crippen molar-refractivity contribution in [2.24, 2.45) is 0 Å². The average Bonchev–Trinajstić information content (AvgIpc) is 2.77. The van der Waals surface area contributed by atoms with Crippen molar-refractivity contribution in [1.29, 1.82) is 0 Å². The Morgan fingerprint density at radius 3 is 2.75 bits per heavy atom. The molecule has 1 N–H and O–H groups in total. The van der Waals surface area contributed by atoms with Gasteiger partial charge in [-0.05, 0) is 23.8 Å². The fraction of sp³-hybridized carbons (Fsp3) is 0.267. The average molecular weight is 274 g/mol. The van der Waals surface area contributed by atoms with Crippen LogP contribution in [0.4, 0.5) is 0 Å².